The number of hydrogen-bond acceptors (Lipinski definition) is 4. The molecule has 0 bridgehead atoms. The summed E-state index contributed by atoms with van der Waals surface area (Å²) in [6.45, 7) is 3.83. The molecule has 0 fully saturated rings. The summed E-state index contributed by atoms with van der Waals surface area (Å²) in [5, 5.41) is 7.04. The number of halogens is 1. The smallest absolute Gasteiger partial charge is 0.275 e. The molecule has 8 nitrogen and oxygen atoms in total. The minimum atomic E-state index is -0.811. The largest absolute Gasteiger partial charge is 0.493 e. The molecule has 9 heteroatoms. The Balaban J connectivity index is 1.60. The zero-order valence-electron chi connectivity index (χ0n) is 24.5. The lowest BCUT2D eigenvalue weighted by molar-refractivity contribution is 0.281. The number of para-hydroxylation sites is 3. The number of hydrogen-bond donors (Lipinski definition) is 2. The highest BCUT2D eigenvalue weighted by atomic mass is 35.5. The number of methoxy groups -OCH3 is 1. The first-order valence-corrected chi connectivity index (χ1v) is 14.5. The van der Waals surface area contributed by atoms with Gasteiger partial charge in [0.25, 0.3) is 11.1 Å². The summed E-state index contributed by atoms with van der Waals surface area (Å²) in [6, 6.07) is 31.6. The van der Waals surface area contributed by atoms with Gasteiger partial charge in [-0.25, -0.2) is 9.36 Å². The van der Waals surface area contributed by atoms with E-state index < -0.39 is 5.92 Å². The second-order valence-electron chi connectivity index (χ2n) is 10.4. The van der Waals surface area contributed by atoms with E-state index in [1.165, 1.54) is 9.36 Å². The van der Waals surface area contributed by atoms with Gasteiger partial charge in [0.1, 0.15) is 6.61 Å². The maximum atomic E-state index is 14.3. The lowest BCUT2D eigenvalue weighted by Gasteiger charge is -2.22. The molecule has 0 unspecified atom stereocenters. The van der Waals surface area contributed by atoms with E-state index in [2.05, 4.69) is 10.2 Å². The van der Waals surface area contributed by atoms with Gasteiger partial charge in [-0.2, -0.15) is 0 Å². The summed E-state index contributed by atoms with van der Waals surface area (Å²) in [7, 11) is 1.56. The maximum Gasteiger partial charge on any atom is 0.275 e. The predicted molar refractivity (Wildman–Crippen MR) is 172 cm³/mol. The minimum absolute atomic E-state index is 0.153. The van der Waals surface area contributed by atoms with Gasteiger partial charge in [0.2, 0.25) is 0 Å². The third-order valence-corrected chi connectivity index (χ3v) is 8.08. The monoisotopic (exact) mass is 606 g/mol. The van der Waals surface area contributed by atoms with Crippen molar-refractivity contribution in [3.05, 3.63) is 163 Å². The van der Waals surface area contributed by atoms with Crippen molar-refractivity contribution in [3.63, 3.8) is 0 Å². The molecule has 4 aromatic carbocycles. The third kappa shape index (κ3) is 5.24. The molecule has 0 saturated carbocycles. The molecule has 0 spiro atoms. The normalized spacial score (nSPS) is 11.2. The fourth-order valence-electron chi connectivity index (χ4n) is 5.61. The first-order valence-electron chi connectivity index (χ1n) is 14.2. The van der Waals surface area contributed by atoms with Crippen molar-refractivity contribution in [1.29, 1.82) is 0 Å². The minimum Gasteiger partial charge on any atom is -0.493 e. The van der Waals surface area contributed by atoms with Crippen molar-refractivity contribution in [2.75, 3.05) is 7.11 Å². The molecular weight excluding hydrogens is 576 g/mol. The van der Waals surface area contributed by atoms with Crippen LogP contribution in [0.1, 0.15) is 39.6 Å². The Kier molecular flexibility index (Phi) is 8.00. The first kappa shape index (κ1) is 28.9. The highest BCUT2D eigenvalue weighted by Crippen LogP contribution is 2.42. The Morgan fingerprint density at radius 3 is 1.75 bits per heavy atom. The van der Waals surface area contributed by atoms with Crippen LogP contribution in [0.15, 0.2) is 113 Å². The van der Waals surface area contributed by atoms with Gasteiger partial charge in [0, 0.05) is 27.5 Å². The van der Waals surface area contributed by atoms with Crippen LogP contribution in [0, 0.1) is 13.8 Å². The highest BCUT2D eigenvalue weighted by molar-refractivity contribution is 6.31. The number of benzene rings is 4. The number of nitrogens with zero attached hydrogens (tertiary/aromatic N) is 2. The van der Waals surface area contributed by atoms with Gasteiger partial charge in [0.15, 0.2) is 11.5 Å². The van der Waals surface area contributed by atoms with Crippen LogP contribution in [0.3, 0.4) is 0 Å². The average molecular weight is 607 g/mol. The van der Waals surface area contributed by atoms with Crippen LogP contribution in [0.5, 0.6) is 11.5 Å². The van der Waals surface area contributed by atoms with Crippen LogP contribution >= 0.6 is 11.6 Å². The molecule has 44 heavy (non-hydrogen) atoms. The Morgan fingerprint density at radius 2 is 1.23 bits per heavy atom. The highest BCUT2D eigenvalue weighted by Gasteiger charge is 2.34. The first-order chi connectivity index (χ1) is 21.4. The number of aryl methyl sites for hydroxylation is 2. The average Bonchev–Trinajstić information content (AvgIpc) is 3.51. The summed E-state index contributed by atoms with van der Waals surface area (Å²) in [6.07, 6.45) is 0. The fraction of sp³-hybridized carbons (Fsp3) is 0.143. The molecule has 0 aliphatic heterocycles. The second kappa shape index (κ2) is 12.2. The number of aromatic nitrogens is 4. The standard InChI is InChI=1S/C35H31ClN4O4/c1-22-30(34(41)39(37-22)25-14-6-4-7-15-25)32(31-23(2)38-40(35(31)42)26-16-8-5-9-17-26)27-18-12-20-29(43-3)33(27)44-21-24-13-10-11-19-28(24)36/h4-20,32,37-38H,21H2,1-3H3. The van der Waals surface area contributed by atoms with Crippen molar-refractivity contribution < 1.29 is 9.47 Å². The molecule has 6 rings (SSSR count). The number of rotatable bonds is 9. The molecule has 0 saturated heterocycles. The van der Waals surface area contributed by atoms with Crippen LogP contribution in [-0.4, -0.2) is 26.7 Å². The Bertz CT molecular complexity index is 1940. The van der Waals surface area contributed by atoms with Crippen molar-refractivity contribution in [2.24, 2.45) is 0 Å². The molecule has 0 aliphatic rings. The van der Waals surface area contributed by atoms with Gasteiger partial charge in [0.05, 0.1) is 35.5 Å². The van der Waals surface area contributed by atoms with Crippen LogP contribution in [0.25, 0.3) is 11.4 Å². The topological polar surface area (TPSA) is 94.0 Å². The van der Waals surface area contributed by atoms with E-state index in [4.69, 9.17) is 21.1 Å². The van der Waals surface area contributed by atoms with Gasteiger partial charge in [-0.1, -0.05) is 78.3 Å². The van der Waals surface area contributed by atoms with Crippen LogP contribution < -0.4 is 20.6 Å². The maximum absolute atomic E-state index is 14.3. The molecule has 0 atom stereocenters. The van der Waals surface area contributed by atoms with Crippen molar-refractivity contribution in [1.82, 2.24) is 19.6 Å². The summed E-state index contributed by atoms with van der Waals surface area (Å²) < 4.78 is 15.2. The zero-order chi connectivity index (χ0) is 30.8. The number of ether oxygens (including phenoxy) is 2. The van der Waals surface area contributed by atoms with Crippen LogP contribution in [-0.2, 0) is 6.61 Å². The summed E-state index contributed by atoms with van der Waals surface area (Å²) in [5.41, 5.74) is 4.29. The van der Waals surface area contributed by atoms with Gasteiger partial charge in [-0.3, -0.25) is 19.8 Å². The summed E-state index contributed by atoms with van der Waals surface area (Å²) >= 11 is 6.46. The van der Waals surface area contributed by atoms with E-state index in [1.807, 2.05) is 105 Å². The van der Waals surface area contributed by atoms with Crippen molar-refractivity contribution >= 4 is 11.6 Å². The molecule has 2 heterocycles. The zero-order valence-corrected chi connectivity index (χ0v) is 25.3. The Labute approximate surface area is 259 Å². The Hall–Kier alpha value is -5.21. The van der Waals surface area contributed by atoms with E-state index in [-0.39, 0.29) is 17.7 Å². The lowest BCUT2D eigenvalue weighted by Crippen LogP contribution is -2.25. The fourth-order valence-corrected chi connectivity index (χ4v) is 5.80. The van der Waals surface area contributed by atoms with Gasteiger partial charge in [-0.15, -0.1) is 0 Å². The van der Waals surface area contributed by atoms with Gasteiger partial charge in [-0.05, 0) is 50.2 Å². The second-order valence-corrected chi connectivity index (χ2v) is 10.9. The lowest BCUT2D eigenvalue weighted by atomic mass is 9.84. The number of H-pyrrole nitrogens is 2. The van der Waals surface area contributed by atoms with Crippen molar-refractivity contribution in [2.45, 2.75) is 26.4 Å². The van der Waals surface area contributed by atoms with E-state index in [1.54, 1.807) is 19.2 Å². The van der Waals surface area contributed by atoms with Crippen molar-refractivity contribution in [3.8, 4) is 22.9 Å². The summed E-state index contributed by atoms with van der Waals surface area (Å²) in [4.78, 5) is 28.6. The van der Waals surface area contributed by atoms with E-state index in [0.717, 1.165) is 5.56 Å². The van der Waals surface area contributed by atoms with Crippen LogP contribution in [0.2, 0.25) is 5.02 Å². The molecular formula is C35H31ClN4O4. The molecule has 2 aromatic heterocycles. The molecule has 0 radical (unpaired) electrons. The SMILES string of the molecule is COc1cccc(C(c2c(C)[nH]n(-c3ccccc3)c2=O)c2c(C)[nH]n(-c3ccccc3)c2=O)c1OCc1ccccc1Cl. The number of aromatic amines is 2. The van der Waals surface area contributed by atoms with E-state index in [0.29, 0.717) is 56.0 Å². The molecule has 222 valence electrons. The number of nitrogens with one attached hydrogen (secondary N) is 2. The molecule has 0 amide bonds. The van der Waals surface area contributed by atoms with Crippen LogP contribution in [0.4, 0.5) is 0 Å². The quantitative estimate of drug-likeness (QED) is 0.192. The third-order valence-electron chi connectivity index (χ3n) is 7.71. The van der Waals surface area contributed by atoms with E-state index >= 15 is 0 Å². The molecule has 0 aliphatic carbocycles. The molecule has 2 N–H and O–H groups in total. The van der Waals surface area contributed by atoms with E-state index in [9.17, 15) is 9.59 Å². The van der Waals surface area contributed by atoms with Gasteiger partial charge < -0.3 is 9.47 Å². The van der Waals surface area contributed by atoms with Gasteiger partial charge >= 0.3 is 0 Å². The molecule has 6 aromatic rings. The summed E-state index contributed by atoms with van der Waals surface area (Å²) in [5.74, 6) is 0.0684. The predicted octanol–water partition coefficient (Wildman–Crippen LogP) is 6.68. The Morgan fingerprint density at radius 1 is 0.705 bits per heavy atom.